The SMILES string of the molecule is CC(=O)O.C[C@@H](OCc1ccc(CCCNC(=O)COCCOCCOCCCc2ccc3c(c2)n(C)c(=O)n3C2CCC(=O)N(C)C2=O)cc1)[C@H](CCC(N)=O)NC(=O)[C@@H]1Cc2cccc3c2N1C(=O)[C@@H](N)CC3. The number of piperidine rings is 1. The van der Waals surface area contributed by atoms with Gasteiger partial charge in [-0.1, -0.05) is 48.5 Å². The predicted octanol–water partition coefficient (Wildman–Crippen LogP) is 2.37. The van der Waals surface area contributed by atoms with Crippen LogP contribution < -0.4 is 32.7 Å². The zero-order valence-electron chi connectivity index (χ0n) is 43.4. The second kappa shape index (κ2) is 27.7. The van der Waals surface area contributed by atoms with Crippen molar-refractivity contribution in [1.29, 1.82) is 0 Å². The van der Waals surface area contributed by atoms with Crippen LogP contribution in [0.15, 0.2) is 65.5 Å². The fourth-order valence-electron chi connectivity index (χ4n) is 9.57. The second-order valence-corrected chi connectivity index (χ2v) is 19.2. The molecule has 0 aliphatic carbocycles. The molecule has 7 rings (SSSR count). The fourth-order valence-corrected chi connectivity index (χ4v) is 9.57. The molecule has 3 aliphatic rings. The van der Waals surface area contributed by atoms with Gasteiger partial charge in [-0.15, -0.1) is 0 Å². The number of imide groups is 1. The van der Waals surface area contributed by atoms with Gasteiger partial charge in [0.25, 0.3) is 11.9 Å². The van der Waals surface area contributed by atoms with Gasteiger partial charge < -0.3 is 46.2 Å². The number of fused-ring (bicyclic) bond motifs is 1. The molecule has 75 heavy (non-hydrogen) atoms. The number of carboxylic acid groups (broad SMARTS) is 1. The number of primary amides is 1. The number of nitrogens with one attached hydrogen (secondary N) is 2. The molecule has 5 atom stereocenters. The number of aryl methyl sites for hydroxylation is 4. The molecule has 21 heteroatoms. The molecular formula is C54H72N8O13. The molecule has 0 bridgehead atoms. The van der Waals surface area contributed by atoms with E-state index in [1.807, 2.05) is 67.6 Å². The van der Waals surface area contributed by atoms with Crippen molar-refractivity contribution >= 4 is 58.1 Å². The van der Waals surface area contributed by atoms with E-state index < -0.39 is 42.1 Å². The summed E-state index contributed by atoms with van der Waals surface area (Å²) in [4.78, 5) is 101. The smallest absolute Gasteiger partial charge is 0.329 e. The molecule has 1 saturated heterocycles. The number of para-hydroxylation sites is 1. The number of aliphatic carboxylic acids is 1. The number of imidazole rings is 1. The van der Waals surface area contributed by atoms with Crippen molar-refractivity contribution in [3.05, 3.63) is 99.0 Å². The Labute approximate surface area is 436 Å². The predicted molar refractivity (Wildman–Crippen MR) is 277 cm³/mol. The zero-order valence-corrected chi connectivity index (χ0v) is 43.4. The van der Waals surface area contributed by atoms with Crippen LogP contribution in [-0.2, 0) is 91.8 Å². The molecule has 4 aromatic rings. The molecule has 1 aromatic heterocycles. The first-order valence-electron chi connectivity index (χ1n) is 25.6. The Morgan fingerprint density at radius 2 is 1.45 bits per heavy atom. The highest BCUT2D eigenvalue weighted by atomic mass is 16.5. The summed E-state index contributed by atoms with van der Waals surface area (Å²) in [5.41, 5.74) is 18.6. The summed E-state index contributed by atoms with van der Waals surface area (Å²) in [6.45, 7) is 5.57. The van der Waals surface area contributed by atoms with E-state index in [0.29, 0.717) is 64.2 Å². The van der Waals surface area contributed by atoms with Gasteiger partial charge in [-0.2, -0.15) is 0 Å². The molecule has 1 unspecified atom stereocenters. The number of likely N-dealkylation sites (N-methyl/N-ethyl adjacent to an activating group) is 1. The van der Waals surface area contributed by atoms with Crippen LogP contribution in [-0.4, -0.2) is 138 Å². The minimum Gasteiger partial charge on any atom is -0.481 e. The number of hydrogen-bond donors (Lipinski definition) is 5. The highest BCUT2D eigenvalue weighted by Crippen LogP contribution is 2.39. The molecule has 4 heterocycles. The van der Waals surface area contributed by atoms with Crippen LogP contribution in [0.4, 0.5) is 5.69 Å². The summed E-state index contributed by atoms with van der Waals surface area (Å²) >= 11 is 0. The number of nitrogens with two attached hydrogens (primary N) is 2. The number of ether oxygens (including phenoxy) is 4. The van der Waals surface area contributed by atoms with Gasteiger partial charge in [0.15, 0.2) is 0 Å². The first-order chi connectivity index (χ1) is 35.9. The lowest BCUT2D eigenvalue weighted by Gasteiger charge is -2.30. The molecular weight excluding hydrogens is 969 g/mol. The van der Waals surface area contributed by atoms with Crippen molar-refractivity contribution < 1.29 is 57.6 Å². The van der Waals surface area contributed by atoms with E-state index in [4.69, 9.17) is 40.3 Å². The Kier molecular flexibility index (Phi) is 21.2. The van der Waals surface area contributed by atoms with Crippen LogP contribution in [0.2, 0.25) is 0 Å². The number of likely N-dealkylation sites (tertiary alicyclic amines) is 1. The molecule has 7 N–H and O–H groups in total. The Morgan fingerprint density at radius 1 is 0.800 bits per heavy atom. The van der Waals surface area contributed by atoms with Gasteiger partial charge in [0.1, 0.15) is 18.7 Å². The molecule has 0 spiro atoms. The Morgan fingerprint density at radius 3 is 2.17 bits per heavy atom. The third kappa shape index (κ3) is 15.6. The first kappa shape index (κ1) is 57.5. The normalized spacial score (nSPS) is 18.0. The van der Waals surface area contributed by atoms with Gasteiger partial charge in [0, 0.05) is 53.4 Å². The second-order valence-electron chi connectivity index (χ2n) is 19.2. The minimum absolute atomic E-state index is 0.0583. The van der Waals surface area contributed by atoms with Crippen molar-refractivity contribution in [1.82, 2.24) is 24.7 Å². The van der Waals surface area contributed by atoms with Crippen LogP contribution in [0.3, 0.4) is 0 Å². The number of benzene rings is 3. The van der Waals surface area contributed by atoms with Crippen LogP contribution >= 0.6 is 0 Å². The molecule has 3 aliphatic heterocycles. The summed E-state index contributed by atoms with van der Waals surface area (Å²) in [6.07, 6.45) is 4.93. The van der Waals surface area contributed by atoms with Gasteiger partial charge in [-0.25, -0.2) is 4.79 Å². The van der Waals surface area contributed by atoms with Gasteiger partial charge in [0.2, 0.25) is 29.5 Å². The Bertz CT molecular complexity index is 2720. The summed E-state index contributed by atoms with van der Waals surface area (Å²) in [5, 5.41) is 13.4. The molecule has 21 nitrogen and oxygen atoms in total. The number of rotatable bonds is 26. The molecule has 406 valence electrons. The molecule has 0 saturated carbocycles. The van der Waals surface area contributed by atoms with Crippen molar-refractivity contribution in [2.24, 2.45) is 18.5 Å². The van der Waals surface area contributed by atoms with Crippen molar-refractivity contribution in [3.8, 4) is 0 Å². The standard InChI is InChI=1S/C52H68N8O11.C2H4O2/c1-33(40(18-21-45(54)61)56-49(64)44-30-38-10-4-9-37-16-17-39(53)50(65)60(44)48(37)38)71-31-36-13-11-34(12-14-36)7-5-23-55-46(62)32-70-28-27-69-26-25-68-24-6-8-35-15-19-41-43(29-35)57(2)52(67)59(41)42-20-22-47(63)58(3)51(42)66;1-2(3)4/h4,9-15,19,29,33,39-40,42,44H,5-8,16-18,20-28,30-32,53H2,1-3H3,(H2,54,61)(H,55,62)(H,56,64);1H3,(H,3,4)/t33-,39+,40+,42?,44+;/m1./s1. The van der Waals surface area contributed by atoms with E-state index in [1.54, 1.807) is 16.5 Å². The van der Waals surface area contributed by atoms with Crippen LogP contribution in [0.25, 0.3) is 11.0 Å². The Hall–Kier alpha value is -6.78. The number of anilines is 1. The van der Waals surface area contributed by atoms with E-state index in [1.165, 1.54) is 11.6 Å². The molecule has 1 fully saturated rings. The van der Waals surface area contributed by atoms with Gasteiger partial charge >= 0.3 is 5.69 Å². The number of nitrogens with zero attached hydrogens (tertiary/aromatic N) is 4. The number of hydrogen-bond acceptors (Lipinski definition) is 13. The number of amides is 6. The van der Waals surface area contributed by atoms with E-state index in [-0.39, 0.29) is 74.3 Å². The lowest BCUT2D eigenvalue weighted by molar-refractivity contribution is -0.149. The van der Waals surface area contributed by atoms with Crippen molar-refractivity contribution in [2.75, 3.05) is 58.1 Å². The quantitative estimate of drug-likeness (QED) is 0.0446. The lowest BCUT2D eigenvalue weighted by atomic mass is 10.0. The van der Waals surface area contributed by atoms with Gasteiger partial charge in [-0.05, 0) is 98.2 Å². The average Bonchev–Trinajstić information content (AvgIpc) is 3.86. The maximum absolute atomic E-state index is 13.8. The summed E-state index contributed by atoms with van der Waals surface area (Å²) < 4.78 is 26.0. The largest absolute Gasteiger partial charge is 0.481 e. The topological polar surface area (TPSA) is 286 Å². The van der Waals surface area contributed by atoms with Crippen LogP contribution in [0.5, 0.6) is 0 Å². The van der Waals surface area contributed by atoms with Gasteiger partial charge in [0.05, 0.1) is 67.9 Å². The third-order valence-corrected chi connectivity index (χ3v) is 13.7. The number of aromatic nitrogens is 2. The van der Waals surface area contributed by atoms with E-state index in [2.05, 4.69) is 10.6 Å². The maximum atomic E-state index is 13.8. The number of carboxylic acids is 1. The third-order valence-electron chi connectivity index (χ3n) is 13.7. The highest BCUT2D eigenvalue weighted by Gasteiger charge is 2.43. The molecule has 6 amide bonds. The molecule has 3 aromatic carbocycles. The fraction of sp³-hybridized carbons (Fsp3) is 0.519. The number of carbonyl (C=O) groups is 7. The van der Waals surface area contributed by atoms with Gasteiger partial charge in [-0.3, -0.25) is 52.5 Å². The molecule has 0 radical (unpaired) electrons. The monoisotopic (exact) mass is 1040 g/mol. The Balaban J connectivity index is 0.00000220. The summed E-state index contributed by atoms with van der Waals surface area (Å²) in [7, 11) is 3.14. The van der Waals surface area contributed by atoms with E-state index in [9.17, 15) is 33.6 Å². The van der Waals surface area contributed by atoms with Crippen molar-refractivity contribution in [3.63, 3.8) is 0 Å². The van der Waals surface area contributed by atoms with Crippen LogP contribution in [0.1, 0.15) is 92.7 Å². The average molecular weight is 1040 g/mol. The maximum Gasteiger partial charge on any atom is 0.329 e. The van der Waals surface area contributed by atoms with E-state index >= 15 is 0 Å². The summed E-state index contributed by atoms with van der Waals surface area (Å²) in [5.74, 6) is -2.72. The lowest BCUT2D eigenvalue weighted by Crippen LogP contribution is -2.55. The first-order valence-corrected chi connectivity index (χ1v) is 25.6. The highest BCUT2D eigenvalue weighted by molar-refractivity contribution is 6.07. The summed E-state index contributed by atoms with van der Waals surface area (Å²) in [6, 6.07) is 17.0. The van der Waals surface area contributed by atoms with Crippen molar-refractivity contribution in [2.45, 2.75) is 121 Å². The van der Waals surface area contributed by atoms with E-state index in [0.717, 1.165) is 76.5 Å². The number of carbonyl (C=O) groups excluding carboxylic acids is 6. The zero-order chi connectivity index (χ0) is 54.2. The van der Waals surface area contributed by atoms with Crippen LogP contribution in [0, 0.1) is 0 Å². The minimum atomic E-state index is -0.833.